The average molecular weight is 358 g/mol. The molecule has 0 atom stereocenters. The lowest BCUT2D eigenvalue weighted by Gasteiger charge is -2.17. The van der Waals surface area contributed by atoms with Gasteiger partial charge in [-0.15, -0.1) is 0 Å². The summed E-state index contributed by atoms with van der Waals surface area (Å²) >= 11 is 0. The van der Waals surface area contributed by atoms with E-state index in [2.05, 4.69) is 46.4 Å². The summed E-state index contributed by atoms with van der Waals surface area (Å²) in [7, 11) is 2.15. The summed E-state index contributed by atoms with van der Waals surface area (Å²) < 4.78 is 5.57. The standard InChI is InChI=1S/C20H31N5O/c1-4-6-13-25(3)14-12-22-20(21-5-2)23-15-18-16-26-19(24-18)17-10-8-7-9-11-17/h7-11,16H,4-6,12-15H2,1-3H3,(H2,21,22,23). The maximum absolute atomic E-state index is 5.57. The van der Waals surface area contributed by atoms with Crippen LogP contribution in [0, 0.1) is 0 Å². The van der Waals surface area contributed by atoms with Crippen LogP contribution in [-0.2, 0) is 6.54 Å². The number of rotatable bonds is 10. The van der Waals surface area contributed by atoms with Crippen LogP contribution in [0.3, 0.4) is 0 Å². The second-order valence-electron chi connectivity index (χ2n) is 6.29. The van der Waals surface area contributed by atoms with E-state index in [1.807, 2.05) is 30.3 Å². The van der Waals surface area contributed by atoms with E-state index in [-0.39, 0.29) is 0 Å². The van der Waals surface area contributed by atoms with Gasteiger partial charge >= 0.3 is 0 Å². The quantitative estimate of drug-likeness (QED) is 0.505. The van der Waals surface area contributed by atoms with Crippen molar-refractivity contribution in [2.24, 2.45) is 4.99 Å². The molecule has 0 spiro atoms. The van der Waals surface area contributed by atoms with E-state index in [9.17, 15) is 0 Å². The van der Waals surface area contributed by atoms with Crippen molar-refractivity contribution >= 4 is 5.96 Å². The molecule has 6 nitrogen and oxygen atoms in total. The third-order valence-corrected chi connectivity index (χ3v) is 4.00. The Kier molecular flexibility index (Phi) is 8.69. The van der Waals surface area contributed by atoms with Crippen LogP contribution in [0.25, 0.3) is 11.5 Å². The highest BCUT2D eigenvalue weighted by Crippen LogP contribution is 2.18. The smallest absolute Gasteiger partial charge is 0.226 e. The normalized spacial score (nSPS) is 11.8. The summed E-state index contributed by atoms with van der Waals surface area (Å²) in [5.74, 6) is 1.44. The number of oxazole rings is 1. The number of guanidine groups is 1. The Bertz CT molecular complexity index is 653. The summed E-state index contributed by atoms with van der Waals surface area (Å²) in [6, 6.07) is 9.90. The summed E-state index contributed by atoms with van der Waals surface area (Å²) in [5, 5.41) is 6.65. The van der Waals surface area contributed by atoms with Crippen molar-refractivity contribution < 1.29 is 4.42 Å². The molecule has 0 radical (unpaired) electrons. The topological polar surface area (TPSA) is 65.7 Å². The third kappa shape index (κ3) is 6.88. The molecule has 0 saturated carbocycles. The molecule has 2 aromatic rings. The maximum atomic E-state index is 5.57. The van der Waals surface area contributed by atoms with Crippen molar-refractivity contribution in [1.82, 2.24) is 20.5 Å². The zero-order chi connectivity index (χ0) is 18.6. The Morgan fingerprint density at radius 3 is 2.69 bits per heavy atom. The first-order chi connectivity index (χ1) is 12.7. The minimum absolute atomic E-state index is 0.483. The highest BCUT2D eigenvalue weighted by Gasteiger charge is 2.06. The molecule has 2 rings (SSSR count). The average Bonchev–Trinajstić information content (AvgIpc) is 3.14. The molecule has 0 saturated heterocycles. The van der Waals surface area contributed by atoms with Crippen LogP contribution >= 0.6 is 0 Å². The predicted octanol–water partition coefficient (Wildman–Crippen LogP) is 3.13. The van der Waals surface area contributed by atoms with E-state index in [4.69, 9.17) is 4.42 Å². The van der Waals surface area contributed by atoms with Crippen molar-refractivity contribution in [3.63, 3.8) is 0 Å². The molecule has 1 aromatic carbocycles. The van der Waals surface area contributed by atoms with E-state index >= 15 is 0 Å². The molecule has 2 N–H and O–H groups in total. The van der Waals surface area contributed by atoms with Crippen molar-refractivity contribution in [2.75, 3.05) is 33.2 Å². The molecule has 6 heteroatoms. The van der Waals surface area contributed by atoms with Gasteiger partial charge in [0.05, 0.1) is 6.54 Å². The lowest BCUT2D eigenvalue weighted by atomic mass is 10.2. The molecule has 0 aliphatic heterocycles. The van der Waals surface area contributed by atoms with Crippen molar-refractivity contribution in [2.45, 2.75) is 33.2 Å². The molecule has 26 heavy (non-hydrogen) atoms. The molecule has 0 bridgehead atoms. The minimum atomic E-state index is 0.483. The summed E-state index contributed by atoms with van der Waals surface area (Å²) in [6.45, 7) is 8.58. The van der Waals surface area contributed by atoms with Gasteiger partial charge < -0.3 is 20.0 Å². The number of nitrogens with zero attached hydrogens (tertiary/aromatic N) is 3. The largest absolute Gasteiger partial charge is 0.444 e. The Labute approximate surface area is 156 Å². The molecular weight excluding hydrogens is 326 g/mol. The first kappa shape index (κ1) is 20.0. The Balaban J connectivity index is 1.85. The first-order valence-corrected chi connectivity index (χ1v) is 9.43. The Morgan fingerprint density at radius 1 is 1.15 bits per heavy atom. The van der Waals surface area contributed by atoms with Crippen LogP contribution in [0.4, 0.5) is 0 Å². The maximum Gasteiger partial charge on any atom is 0.226 e. The van der Waals surface area contributed by atoms with E-state index < -0.39 is 0 Å². The third-order valence-electron chi connectivity index (χ3n) is 4.00. The molecule has 142 valence electrons. The minimum Gasteiger partial charge on any atom is -0.444 e. The molecule has 1 aromatic heterocycles. The fraction of sp³-hybridized carbons (Fsp3) is 0.500. The SMILES string of the molecule is CCCCN(C)CCNC(=NCc1coc(-c2ccccc2)n1)NCC. The van der Waals surface area contributed by atoms with Crippen molar-refractivity contribution in [3.8, 4) is 11.5 Å². The molecular formula is C20H31N5O. The Morgan fingerprint density at radius 2 is 1.96 bits per heavy atom. The second kappa shape index (κ2) is 11.3. The fourth-order valence-corrected chi connectivity index (χ4v) is 2.50. The number of hydrogen-bond donors (Lipinski definition) is 2. The number of hydrogen-bond acceptors (Lipinski definition) is 4. The zero-order valence-electron chi connectivity index (χ0n) is 16.2. The molecule has 0 fully saturated rings. The summed E-state index contributed by atoms with van der Waals surface area (Å²) in [5.41, 5.74) is 1.80. The fourth-order valence-electron chi connectivity index (χ4n) is 2.50. The number of aromatic nitrogens is 1. The highest BCUT2D eigenvalue weighted by molar-refractivity contribution is 5.79. The first-order valence-electron chi connectivity index (χ1n) is 9.43. The van der Waals surface area contributed by atoms with Crippen molar-refractivity contribution in [1.29, 1.82) is 0 Å². The van der Waals surface area contributed by atoms with Crippen LogP contribution in [-0.4, -0.2) is 49.1 Å². The highest BCUT2D eigenvalue weighted by atomic mass is 16.3. The van der Waals surface area contributed by atoms with Gasteiger partial charge in [0, 0.05) is 25.2 Å². The van der Waals surface area contributed by atoms with Crippen LogP contribution < -0.4 is 10.6 Å². The van der Waals surface area contributed by atoms with Crippen molar-refractivity contribution in [3.05, 3.63) is 42.3 Å². The van der Waals surface area contributed by atoms with E-state index in [0.717, 1.165) is 43.4 Å². The van der Waals surface area contributed by atoms with Crippen LogP contribution in [0.1, 0.15) is 32.4 Å². The van der Waals surface area contributed by atoms with Gasteiger partial charge in [-0.1, -0.05) is 31.5 Å². The van der Waals surface area contributed by atoms with E-state index in [1.54, 1.807) is 6.26 Å². The number of aliphatic imine (C=N–C) groups is 1. The van der Waals surface area contributed by atoms with Gasteiger partial charge in [0.25, 0.3) is 0 Å². The molecule has 1 heterocycles. The monoisotopic (exact) mass is 357 g/mol. The molecule has 0 unspecified atom stereocenters. The lowest BCUT2D eigenvalue weighted by molar-refractivity contribution is 0.332. The van der Waals surface area contributed by atoms with Gasteiger partial charge in [0.15, 0.2) is 5.96 Å². The van der Waals surface area contributed by atoms with E-state index in [0.29, 0.717) is 12.4 Å². The predicted molar refractivity (Wildman–Crippen MR) is 107 cm³/mol. The molecule has 0 amide bonds. The van der Waals surface area contributed by atoms with Crippen LogP contribution in [0.15, 0.2) is 46.0 Å². The number of unbranched alkanes of at least 4 members (excludes halogenated alkanes) is 1. The summed E-state index contributed by atoms with van der Waals surface area (Å²) in [6.07, 6.45) is 4.14. The Hall–Kier alpha value is -2.34. The second-order valence-corrected chi connectivity index (χ2v) is 6.29. The molecule has 0 aliphatic carbocycles. The van der Waals surface area contributed by atoms with Gasteiger partial charge in [-0.25, -0.2) is 9.98 Å². The zero-order valence-corrected chi connectivity index (χ0v) is 16.2. The van der Waals surface area contributed by atoms with Gasteiger partial charge in [-0.3, -0.25) is 0 Å². The van der Waals surface area contributed by atoms with Gasteiger partial charge in [-0.2, -0.15) is 0 Å². The number of likely N-dealkylation sites (N-methyl/N-ethyl adjacent to an activating group) is 1. The summed E-state index contributed by atoms with van der Waals surface area (Å²) in [4.78, 5) is 11.5. The van der Waals surface area contributed by atoms with Crippen LogP contribution in [0.2, 0.25) is 0 Å². The number of nitrogens with one attached hydrogen (secondary N) is 2. The van der Waals surface area contributed by atoms with Crippen LogP contribution in [0.5, 0.6) is 0 Å². The molecule has 0 aliphatic rings. The van der Waals surface area contributed by atoms with Gasteiger partial charge in [0.1, 0.15) is 12.0 Å². The van der Waals surface area contributed by atoms with Gasteiger partial charge in [0.2, 0.25) is 5.89 Å². The van der Waals surface area contributed by atoms with Gasteiger partial charge in [-0.05, 0) is 39.1 Å². The number of benzene rings is 1. The lowest BCUT2D eigenvalue weighted by Crippen LogP contribution is -2.41. The van der Waals surface area contributed by atoms with E-state index in [1.165, 1.54) is 12.8 Å².